The van der Waals surface area contributed by atoms with E-state index in [-0.39, 0.29) is 107 Å². The number of unbranched alkanes of at least 4 members (excludes halogenated alkanes) is 3. The Morgan fingerprint density at radius 3 is 2.31 bits per heavy atom. The van der Waals surface area contributed by atoms with E-state index in [4.69, 9.17) is 19.4 Å². The van der Waals surface area contributed by atoms with Gasteiger partial charge in [-0.05, 0) is 62.9 Å². The summed E-state index contributed by atoms with van der Waals surface area (Å²) in [6.07, 6.45) is -2.91. The number of carbonyl (C=O) groups is 2. The van der Waals surface area contributed by atoms with Gasteiger partial charge in [-0.25, -0.2) is 37.5 Å². The molecule has 2 aromatic heterocycles. The van der Waals surface area contributed by atoms with E-state index in [1.54, 1.807) is 32.0 Å². The van der Waals surface area contributed by atoms with Gasteiger partial charge in [0.15, 0.2) is 34.6 Å². The van der Waals surface area contributed by atoms with Crippen molar-refractivity contribution >= 4 is 87.3 Å². The first-order valence-corrected chi connectivity index (χ1v) is 30.1. The average Bonchev–Trinajstić information content (AvgIpc) is 3.60. The van der Waals surface area contributed by atoms with Crippen molar-refractivity contribution in [1.82, 2.24) is 29.7 Å². The molecule has 1 aliphatic carbocycles. The van der Waals surface area contributed by atoms with E-state index < -0.39 is 94.1 Å². The lowest BCUT2D eigenvalue weighted by atomic mass is 9.90. The molecule has 0 radical (unpaired) electrons. The number of aliphatic hydroxyl groups excluding tert-OH is 1. The first-order valence-electron chi connectivity index (χ1n) is 24.2. The lowest BCUT2D eigenvalue weighted by Gasteiger charge is -2.23. The summed E-state index contributed by atoms with van der Waals surface area (Å²) in [7, 11) is -19.2. The van der Waals surface area contributed by atoms with E-state index in [2.05, 4.69) is 40.4 Å². The van der Waals surface area contributed by atoms with E-state index in [0.717, 1.165) is 6.33 Å². The fourth-order valence-corrected chi connectivity index (χ4v) is 11.5. The van der Waals surface area contributed by atoms with Crippen LogP contribution in [0.5, 0.6) is 0 Å². The number of carbonyl (C=O) groups excluding carboxylic acids is 2. The van der Waals surface area contributed by atoms with Crippen molar-refractivity contribution in [3.8, 4) is 22.5 Å². The number of anilines is 3. The number of amides is 2. The van der Waals surface area contributed by atoms with Gasteiger partial charge in [0, 0.05) is 67.8 Å². The summed E-state index contributed by atoms with van der Waals surface area (Å²) >= 11 is 0. The summed E-state index contributed by atoms with van der Waals surface area (Å²) in [4.78, 5) is 80.1. The standard InChI is InChI=1S/C45H58N10O19P2S2/c1-4-47-29-18-16-27-33(28-17-19-30(48-5-2)40(78(68,69)70)37(28)73-36(27)39(29)77(65,66)67)25-13-8-9-14-26(25)43(58)54(3)22-12-15-32(56)49-20-10-6-7-11-21-50-45-53-34-41(46)51-24-52-42(34)55(45)44-38(74-76(62,63)64)35(57)31(72-44)23-71-75(59,60)61/h8-9,13-14,16-19,24,31,35,38,44,47,57H,4-7,10-12,15,20-23H2,1-3H3,(H,49,56)(H,50,53)(H2,46,51,52)(H2,59,60,61)(H2,62,63,64)(H,65,66,67)(H,68,69,70)/t31-,35-,38-,44-/m1/s1. The second-order valence-electron chi connectivity index (χ2n) is 17.8. The summed E-state index contributed by atoms with van der Waals surface area (Å²) in [5.41, 5.74) is 6.00. The van der Waals surface area contributed by atoms with Gasteiger partial charge in [0.1, 0.15) is 46.2 Å². The third kappa shape index (κ3) is 13.9. The zero-order valence-corrected chi connectivity index (χ0v) is 45.4. The highest BCUT2D eigenvalue weighted by Crippen LogP contribution is 2.48. The molecule has 4 heterocycles. The normalized spacial score (nSPS) is 17.5. The van der Waals surface area contributed by atoms with Crippen molar-refractivity contribution in [3.05, 3.63) is 65.8 Å². The number of nitrogen functional groups attached to an aromatic ring is 1. The van der Waals surface area contributed by atoms with Gasteiger partial charge in [-0.15, -0.1) is 0 Å². The molecule has 4 atom stereocenters. The highest BCUT2D eigenvalue weighted by molar-refractivity contribution is 7.86. The number of nitrogens with one attached hydrogen (secondary N) is 4. The molecular weight excluding hydrogens is 1110 g/mol. The molecule has 2 aliphatic heterocycles. The number of aromatic nitrogens is 4. The minimum atomic E-state index is -5.31. The number of imidazole rings is 1. The molecule has 1 fully saturated rings. The van der Waals surface area contributed by atoms with Crippen LogP contribution in [0.15, 0.2) is 69.1 Å². The van der Waals surface area contributed by atoms with Crippen LogP contribution in [0.4, 0.5) is 17.5 Å². The quantitative estimate of drug-likeness (QED) is 0.0165. The number of hydrogen-bond donors (Lipinski definition) is 11. The van der Waals surface area contributed by atoms with Gasteiger partial charge in [0.05, 0.1) is 12.3 Å². The Hall–Kier alpha value is -6.02. The molecule has 424 valence electrons. The smallest absolute Gasteiger partial charge is 0.470 e. The average molecular weight is 1170 g/mol. The maximum atomic E-state index is 14.3. The van der Waals surface area contributed by atoms with Crippen molar-refractivity contribution in [2.24, 2.45) is 0 Å². The summed E-state index contributed by atoms with van der Waals surface area (Å²) in [5.74, 6) is -1.30. The number of phosphoric ester groups is 2. The summed E-state index contributed by atoms with van der Waals surface area (Å²) in [5, 5.41) is 19.7. The maximum Gasteiger partial charge on any atom is 0.470 e. The fourth-order valence-electron chi connectivity index (χ4n) is 9.01. The van der Waals surface area contributed by atoms with Crippen molar-refractivity contribution in [2.75, 3.05) is 62.7 Å². The fraction of sp³-hybridized carbons (Fsp3) is 0.422. The molecule has 0 spiro atoms. The highest BCUT2D eigenvalue weighted by atomic mass is 32.2. The Balaban J connectivity index is 0.971. The number of hydrogen-bond acceptors (Lipinski definition) is 20. The third-order valence-corrected chi connectivity index (χ3v) is 15.2. The Morgan fingerprint density at radius 2 is 1.64 bits per heavy atom. The minimum Gasteiger partial charge on any atom is -0.744 e. The topological polar surface area (TPSA) is 445 Å². The number of ether oxygens (including phenoxy) is 1. The summed E-state index contributed by atoms with van der Waals surface area (Å²) < 4.78 is 121. The van der Waals surface area contributed by atoms with E-state index >= 15 is 0 Å². The number of aliphatic hydroxyl groups is 1. The van der Waals surface area contributed by atoms with Crippen LogP contribution in [-0.4, -0.2) is 152 Å². The molecule has 12 N–H and O–H groups in total. The Kier molecular flexibility index (Phi) is 18.8. The second-order valence-corrected chi connectivity index (χ2v) is 22.9. The molecule has 0 bridgehead atoms. The molecular formula is C45H58N10O19P2S2. The van der Waals surface area contributed by atoms with Gasteiger partial charge in [-0.2, -0.15) is 8.42 Å². The van der Waals surface area contributed by atoms with Crippen LogP contribution in [-0.2, 0) is 47.9 Å². The molecule has 1 saturated heterocycles. The number of benzene rings is 3. The molecule has 0 unspecified atom stereocenters. The third-order valence-electron chi connectivity index (χ3n) is 12.3. The maximum absolute atomic E-state index is 14.3. The van der Waals surface area contributed by atoms with Crippen LogP contribution in [0.25, 0.3) is 44.6 Å². The Labute approximate surface area is 445 Å². The number of phosphoric acid groups is 2. The first-order chi connectivity index (χ1) is 36.7. The van der Waals surface area contributed by atoms with Crippen molar-refractivity contribution < 1.29 is 92.5 Å². The minimum absolute atomic E-state index is 0.0126. The summed E-state index contributed by atoms with van der Waals surface area (Å²) in [6, 6.07) is 12.0. The largest absolute Gasteiger partial charge is 0.744 e. The van der Waals surface area contributed by atoms with Gasteiger partial charge in [-0.1, -0.05) is 31.0 Å². The number of rotatable bonds is 25. The van der Waals surface area contributed by atoms with Gasteiger partial charge in [0.25, 0.3) is 5.91 Å². The number of nitrogens with two attached hydrogens (primary N) is 1. The van der Waals surface area contributed by atoms with Gasteiger partial charge in [0.2, 0.25) is 22.1 Å². The van der Waals surface area contributed by atoms with Crippen molar-refractivity contribution in [3.63, 3.8) is 0 Å². The van der Waals surface area contributed by atoms with Crippen LogP contribution < -0.4 is 32.0 Å². The molecule has 2 amide bonds. The number of fused-ring (bicyclic) bond motifs is 3. The number of nitrogens with zero attached hydrogens (tertiary/aromatic N) is 5. The lowest BCUT2D eigenvalue weighted by molar-refractivity contribution is -0.498. The summed E-state index contributed by atoms with van der Waals surface area (Å²) in [6.45, 7) is 3.60. The second kappa shape index (κ2) is 24.6. The molecule has 7 rings (SSSR count). The monoisotopic (exact) mass is 1170 g/mol. The van der Waals surface area contributed by atoms with Gasteiger partial charge >= 0.3 is 25.8 Å². The van der Waals surface area contributed by atoms with Crippen molar-refractivity contribution in [1.29, 1.82) is 0 Å². The predicted molar refractivity (Wildman–Crippen MR) is 276 cm³/mol. The van der Waals surface area contributed by atoms with Crippen LogP contribution in [0.1, 0.15) is 69.0 Å². The molecule has 33 heteroatoms. The Morgan fingerprint density at radius 1 is 0.923 bits per heavy atom. The van der Waals surface area contributed by atoms with Gasteiger partial charge < -0.3 is 65.0 Å². The Bertz CT molecular complexity index is 3570. The van der Waals surface area contributed by atoms with Crippen LogP contribution in [0.2, 0.25) is 0 Å². The highest BCUT2D eigenvalue weighted by Gasteiger charge is 2.50. The molecule has 78 heavy (non-hydrogen) atoms. The molecule has 0 saturated carbocycles. The zero-order chi connectivity index (χ0) is 56.9. The van der Waals surface area contributed by atoms with Crippen LogP contribution >= 0.6 is 15.6 Å². The molecule has 4 aromatic rings. The van der Waals surface area contributed by atoms with E-state index in [9.17, 15) is 69.3 Å². The SMILES string of the molecule is CCNc1ccc2c(-c3ccccc3C(=O)N(C)CCCC(=O)NCCCCCCNc3nc4c(N)ncnc4n3[C@@H]3O[C@H](COP(=O)(O)O)[C@@H](O)[C@H]3OP(=O)(O)O)c3ccc(=[NH+]CC)c(S(=O)(=O)O)c-3oc2c1S(=O)(=O)[O-]. The first kappa shape index (κ1) is 59.6. The predicted octanol–water partition coefficient (Wildman–Crippen LogP) is 0.997. The van der Waals surface area contributed by atoms with Crippen molar-refractivity contribution in [2.45, 2.75) is 86.7 Å². The van der Waals surface area contributed by atoms with Crippen LogP contribution in [0, 0.1) is 0 Å². The van der Waals surface area contributed by atoms with E-state index in [1.807, 2.05) is 0 Å². The van der Waals surface area contributed by atoms with E-state index in [1.165, 1.54) is 46.8 Å². The molecule has 3 aliphatic rings. The van der Waals surface area contributed by atoms with E-state index in [0.29, 0.717) is 32.2 Å². The molecule has 29 nitrogen and oxygen atoms in total. The zero-order valence-electron chi connectivity index (χ0n) is 42.0. The van der Waals surface area contributed by atoms with Crippen LogP contribution in [0.3, 0.4) is 0 Å². The van der Waals surface area contributed by atoms with Gasteiger partial charge in [-0.3, -0.25) is 27.8 Å². The molecule has 2 aromatic carbocycles. The lowest BCUT2D eigenvalue weighted by Crippen LogP contribution is -2.76.